The van der Waals surface area contributed by atoms with Gasteiger partial charge >= 0.3 is 0 Å². The molecule has 0 atom stereocenters. The molecule has 2 heterocycles. The first kappa shape index (κ1) is 12.0. The Kier molecular flexibility index (Phi) is 3.71. The molecule has 0 saturated carbocycles. The summed E-state index contributed by atoms with van der Waals surface area (Å²) in [6, 6.07) is 4.97. The summed E-state index contributed by atoms with van der Waals surface area (Å²) in [6.07, 6.45) is 4.59. The zero-order valence-electron chi connectivity index (χ0n) is 8.52. The monoisotopic (exact) mass is 311 g/mol. The first-order valence-electron chi connectivity index (χ1n) is 4.68. The molecule has 0 aromatic carbocycles. The summed E-state index contributed by atoms with van der Waals surface area (Å²) in [6.45, 7) is 0. The van der Waals surface area contributed by atoms with Gasteiger partial charge in [0.15, 0.2) is 0 Å². The molecule has 17 heavy (non-hydrogen) atoms. The molecule has 6 heteroatoms. The molecule has 0 aliphatic heterocycles. The number of rotatable bonds is 2. The first-order chi connectivity index (χ1) is 8.15. The number of carbonyl (C=O) groups is 1. The Morgan fingerprint density at radius 1 is 1.29 bits per heavy atom. The molecule has 0 fully saturated rings. The smallest absolute Gasteiger partial charge is 0.257 e. The maximum atomic E-state index is 11.8. The molecule has 0 unspecified atom stereocenters. The summed E-state index contributed by atoms with van der Waals surface area (Å²) in [4.78, 5) is 19.6. The van der Waals surface area contributed by atoms with E-state index in [9.17, 15) is 4.79 Å². The van der Waals surface area contributed by atoms with Gasteiger partial charge in [0.05, 0.1) is 17.4 Å². The molecule has 1 N–H and O–H groups in total. The lowest BCUT2D eigenvalue weighted by Gasteiger charge is -2.04. The number of carbonyl (C=O) groups excluding carboxylic acids is 1. The maximum Gasteiger partial charge on any atom is 0.257 e. The topological polar surface area (TPSA) is 54.9 Å². The number of pyridine rings is 2. The number of nitrogens with zero attached hydrogens (tertiary/aromatic N) is 2. The first-order valence-corrected chi connectivity index (χ1v) is 5.86. The summed E-state index contributed by atoms with van der Waals surface area (Å²) in [5, 5.41) is 3.07. The summed E-state index contributed by atoms with van der Waals surface area (Å²) < 4.78 is 0.749. The van der Waals surface area contributed by atoms with Gasteiger partial charge in [-0.3, -0.25) is 9.78 Å². The third-order valence-corrected chi connectivity index (χ3v) is 2.61. The van der Waals surface area contributed by atoms with Gasteiger partial charge in [0.1, 0.15) is 5.15 Å². The van der Waals surface area contributed by atoms with Gasteiger partial charge in [-0.25, -0.2) is 4.98 Å². The van der Waals surface area contributed by atoms with E-state index in [0.29, 0.717) is 16.4 Å². The molecule has 2 rings (SSSR count). The fraction of sp³-hybridized carbons (Fsp3) is 0. The average Bonchev–Trinajstić information content (AvgIpc) is 2.32. The largest absolute Gasteiger partial charge is 0.321 e. The highest BCUT2D eigenvalue weighted by Gasteiger charge is 2.06. The summed E-state index contributed by atoms with van der Waals surface area (Å²) in [5.74, 6) is -0.247. The van der Waals surface area contributed by atoms with Gasteiger partial charge in [0.25, 0.3) is 5.91 Å². The van der Waals surface area contributed by atoms with Crippen LogP contribution in [-0.4, -0.2) is 15.9 Å². The molecule has 0 aliphatic carbocycles. The lowest BCUT2D eigenvalue weighted by molar-refractivity contribution is 0.102. The van der Waals surface area contributed by atoms with Crippen LogP contribution in [0.25, 0.3) is 0 Å². The second kappa shape index (κ2) is 5.25. The minimum Gasteiger partial charge on any atom is -0.321 e. The summed E-state index contributed by atoms with van der Waals surface area (Å²) in [5.41, 5.74) is 1.05. The van der Waals surface area contributed by atoms with E-state index in [4.69, 9.17) is 11.6 Å². The summed E-state index contributed by atoms with van der Waals surface area (Å²) >= 11 is 8.90. The van der Waals surface area contributed by atoms with Crippen molar-refractivity contribution in [3.8, 4) is 0 Å². The Bertz CT molecular complexity index is 545. The van der Waals surface area contributed by atoms with Crippen LogP contribution >= 0.6 is 27.5 Å². The molecule has 86 valence electrons. The van der Waals surface area contributed by atoms with Crippen LogP contribution in [-0.2, 0) is 0 Å². The number of hydrogen-bond donors (Lipinski definition) is 1. The van der Waals surface area contributed by atoms with E-state index in [1.807, 2.05) is 0 Å². The van der Waals surface area contributed by atoms with E-state index in [2.05, 4.69) is 31.2 Å². The van der Waals surface area contributed by atoms with Crippen LogP contribution in [0.3, 0.4) is 0 Å². The SMILES string of the molecule is O=C(Nc1ccc(Cl)nc1)c1cncc(Br)c1. The predicted molar refractivity (Wildman–Crippen MR) is 69.1 cm³/mol. The van der Waals surface area contributed by atoms with E-state index in [-0.39, 0.29) is 5.91 Å². The molecule has 0 bridgehead atoms. The maximum absolute atomic E-state index is 11.8. The second-order valence-electron chi connectivity index (χ2n) is 3.22. The number of anilines is 1. The molecule has 0 aliphatic rings. The number of nitrogens with one attached hydrogen (secondary N) is 1. The van der Waals surface area contributed by atoms with Crippen LogP contribution in [0.5, 0.6) is 0 Å². The normalized spacial score (nSPS) is 10.0. The Balaban J connectivity index is 2.14. The predicted octanol–water partition coefficient (Wildman–Crippen LogP) is 3.14. The van der Waals surface area contributed by atoms with Crippen LogP contribution in [0, 0.1) is 0 Å². The third-order valence-electron chi connectivity index (χ3n) is 1.95. The van der Waals surface area contributed by atoms with Crippen molar-refractivity contribution in [1.82, 2.24) is 9.97 Å². The molecular formula is C11H7BrClN3O. The Morgan fingerprint density at radius 3 is 2.76 bits per heavy atom. The molecule has 2 aromatic rings. The van der Waals surface area contributed by atoms with Gasteiger partial charge in [-0.1, -0.05) is 11.6 Å². The fourth-order valence-corrected chi connectivity index (χ4v) is 1.67. The van der Waals surface area contributed by atoms with Crippen LogP contribution in [0.4, 0.5) is 5.69 Å². The Hall–Kier alpha value is -1.46. The number of hydrogen-bond acceptors (Lipinski definition) is 3. The molecule has 4 nitrogen and oxygen atoms in total. The highest BCUT2D eigenvalue weighted by Crippen LogP contribution is 2.13. The van der Waals surface area contributed by atoms with Gasteiger partial charge in [-0.2, -0.15) is 0 Å². The summed E-state index contributed by atoms with van der Waals surface area (Å²) in [7, 11) is 0. The van der Waals surface area contributed by atoms with E-state index in [1.165, 1.54) is 12.4 Å². The zero-order chi connectivity index (χ0) is 12.3. The van der Waals surface area contributed by atoms with Crippen molar-refractivity contribution in [2.45, 2.75) is 0 Å². The fourth-order valence-electron chi connectivity index (χ4n) is 1.19. The highest BCUT2D eigenvalue weighted by molar-refractivity contribution is 9.10. The van der Waals surface area contributed by atoms with Gasteiger partial charge in [0, 0.05) is 16.9 Å². The Morgan fingerprint density at radius 2 is 2.12 bits per heavy atom. The standard InChI is InChI=1S/C11H7BrClN3O/c12-8-3-7(4-14-5-8)11(17)16-9-1-2-10(13)15-6-9/h1-6H,(H,16,17). The van der Waals surface area contributed by atoms with Crippen LogP contribution < -0.4 is 5.32 Å². The zero-order valence-corrected chi connectivity index (χ0v) is 10.9. The molecular weight excluding hydrogens is 305 g/mol. The van der Waals surface area contributed by atoms with E-state index < -0.39 is 0 Å². The molecule has 0 radical (unpaired) electrons. The van der Waals surface area contributed by atoms with Crippen molar-refractivity contribution in [3.05, 3.63) is 52.0 Å². The van der Waals surface area contributed by atoms with Crippen molar-refractivity contribution in [2.24, 2.45) is 0 Å². The van der Waals surface area contributed by atoms with E-state index in [0.717, 1.165) is 4.47 Å². The van der Waals surface area contributed by atoms with Crippen LogP contribution in [0.1, 0.15) is 10.4 Å². The lowest BCUT2D eigenvalue weighted by atomic mass is 10.2. The van der Waals surface area contributed by atoms with Crippen LogP contribution in [0.2, 0.25) is 5.15 Å². The number of halogens is 2. The third kappa shape index (κ3) is 3.25. The van der Waals surface area contributed by atoms with Crippen molar-refractivity contribution >= 4 is 39.1 Å². The average molecular weight is 313 g/mol. The van der Waals surface area contributed by atoms with Gasteiger partial charge in [-0.15, -0.1) is 0 Å². The van der Waals surface area contributed by atoms with Gasteiger partial charge in [-0.05, 0) is 34.1 Å². The molecule has 1 amide bonds. The van der Waals surface area contributed by atoms with Gasteiger partial charge in [0.2, 0.25) is 0 Å². The minimum atomic E-state index is -0.247. The Labute approximate surface area is 111 Å². The van der Waals surface area contributed by atoms with Crippen molar-refractivity contribution in [1.29, 1.82) is 0 Å². The van der Waals surface area contributed by atoms with E-state index in [1.54, 1.807) is 24.4 Å². The second-order valence-corrected chi connectivity index (χ2v) is 4.52. The molecule has 0 spiro atoms. The molecule has 0 saturated heterocycles. The quantitative estimate of drug-likeness (QED) is 0.867. The molecule has 2 aromatic heterocycles. The van der Waals surface area contributed by atoms with Crippen molar-refractivity contribution < 1.29 is 4.79 Å². The van der Waals surface area contributed by atoms with Gasteiger partial charge < -0.3 is 5.32 Å². The van der Waals surface area contributed by atoms with Crippen molar-refractivity contribution in [2.75, 3.05) is 5.32 Å². The van der Waals surface area contributed by atoms with Crippen LogP contribution in [0.15, 0.2) is 41.3 Å². The van der Waals surface area contributed by atoms with E-state index >= 15 is 0 Å². The minimum absolute atomic E-state index is 0.247. The van der Waals surface area contributed by atoms with Crippen molar-refractivity contribution in [3.63, 3.8) is 0 Å². The number of aromatic nitrogens is 2. The lowest BCUT2D eigenvalue weighted by Crippen LogP contribution is -2.12. The highest BCUT2D eigenvalue weighted by atomic mass is 79.9. The number of amides is 1.